The van der Waals surface area contributed by atoms with Gasteiger partial charge in [-0.3, -0.25) is 9.59 Å². The van der Waals surface area contributed by atoms with Gasteiger partial charge in [0.15, 0.2) is 11.9 Å². The van der Waals surface area contributed by atoms with Gasteiger partial charge in [0.25, 0.3) is 0 Å². The lowest BCUT2D eigenvalue weighted by atomic mass is 9.72. The summed E-state index contributed by atoms with van der Waals surface area (Å²) >= 11 is 0. The van der Waals surface area contributed by atoms with E-state index >= 15 is 0 Å². The summed E-state index contributed by atoms with van der Waals surface area (Å²) in [5, 5.41) is 0. The first-order valence-electron chi connectivity index (χ1n) is 8.66. The molecule has 0 saturated carbocycles. The molecule has 4 aliphatic rings. The van der Waals surface area contributed by atoms with Crippen LogP contribution < -0.4 is 9.64 Å². The van der Waals surface area contributed by atoms with Crippen LogP contribution in [0.1, 0.15) is 6.92 Å². The Labute approximate surface area is 150 Å². The highest BCUT2D eigenvalue weighted by molar-refractivity contribution is 6.23. The number of methoxy groups -OCH3 is 1. The molecule has 0 N–H and O–H groups in total. The average Bonchev–Trinajstić information content (AvgIpc) is 3.38. The third-order valence-electron chi connectivity index (χ3n) is 5.80. The maximum absolute atomic E-state index is 13.3. The van der Waals surface area contributed by atoms with Gasteiger partial charge in [-0.1, -0.05) is 6.08 Å². The Hall–Kier alpha value is -2.22. The van der Waals surface area contributed by atoms with Crippen molar-refractivity contribution in [3.8, 4) is 5.75 Å². The van der Waals surface area contributed by atoms with Crippen LogP contribution in [-0.2, 0) is 23.8 Å². The number of hydrogen-bond donors (Lipinski definition) is 0. The van der Waals surface area contributed by atoms with Gasteiger partial charge < -0.3 is 18.9 Å². The van der Waals surface area contributed by atoms with Crippen LogP contribution in [0.2, 0.25) is 0 Å². The normalized spacial score (nSPS) is 38.5. The van der Waals surface area contributed by atoms with Gasteiger partial charge in [0.05, 0.1) is 43.4 Å². The SMILES string of the molecule is COc1ccc(N2C(=O)[C@H]3[C@H](C2=O)[C@@]2(C4OCCO4)C=C[C@@]3(C)O2)cc1. The Morgan fingerprint density at radius 2 is 1.69 bits per heavy atom. The number of anilines is 1. The number of carbonyl (C=O) groups excluding carboxylic acids is 2. The van der Waals surface area contributed by atoms with E-state index in [-0.39, 0.29) is 11.8 Å². The third-order valence-corrected chi connectivity index (χ3v) is 5.80. The molecule has 0 spiro atoms. The van der Waals surface area contributed by atoms with Crippen molar-refractivity contribution in [2.24, 2.45) is 11.8 Å². The lowest BCUT2D eigenvalue weighted by molar-refractivity contribution is -0.190. The highest BCUT2D eigenvalue weighted by atomic mass is 16.7. The van der Waals surface area contributed by atoms with Crippen LogP contribution in [0.15, 0.2) is 36.4 Å². The second kappa shape index (κ2) is 5.16. The molecule has 3 fully saturated rings. The molecule has 2 amide bonds. The molecule has 0 aliphatic carbocycles. The molecule has 0 aromatic heterocycles. The predicted molar refractivity (Wildman–Crippen MR) is 89.5 cm³/mol. The third kappa shape index (κ3) is 1.83. The summed E-state index contributed by atoms with van der Waals surface area (Å²) in [7, 11) is 1.57. The smallest absolute Gasteiger partial charge is 0.241 e. The zero-order valence-electron chi connectivity index (χ0n) is 14.5. The van der Waals surface area contributed by atoms with Crippen molar-refractivity contribution in [1.29, 1.82) is 0 Å². The summed E-state index contributed by atoms with van der Waals surface area (Å²) in [4.78, 5) is 27.7. The Kier molecular flexibility index (Phi) is 3.17. The lowest BCUT2D eigenvalue weighted by Crippen LogP contribution is -2.49. The first-order chi connectivity index (χ1) is 12.5. The van der Waals surface area contributed by atoms with Crippen molar-refractivity contribution in [2.75, 3.05) is 25.2 Å². The van der Waals surface area contributed by atoms with E-state index in [0.717, 1.165) is 0 Å². The Bertz CT molecular complexity index is 814. The van der Waals surface area contributed by atoms with E-state index in [2.05, 4.69) is 0 Å². The van der Waals surface area contributed by atoms with Gasteiger partial charge in [0, 0.05) is 0 Å². The number of benzene rings is 1. The second-order valence-corrected chi connectivity index (χ2v) is 7.21. The molecule has 3 saturated heterocycles. The van der Waals surface area contributed by atoms with Gasteiger partial charge in [-0.2, -0.15) is 0 Å². The molecule has 26 heavy (non-hydrogen) atoms. The molecule has 136 valence electrons. The maximum atomic E-state index is 13.3. The van der Waals surface area contributed by atoms with Crippen LogP contribution in [-0.4, -0.2) is 49.6 Å². The van der Waals surface area contributed by atoms with Gasteiger partial charge in [-0.15, -0.1) is 0 Å². The minimum Gasteiger partial charge on any atom is -0.497 e. The summed E-state index contributed by atoms with van der Waals surface area (Å²) in [6.07, 6.45) is 3.03. The van der Waals surface area contributed by atoms with E-state index in [4.69, 9.17) is 18.9 Å². The van der Waals surface area contributed by atoms with Gasteiger partial charge in [0.1, 0.15) is 5.75 Å². The highest BCUT2D eigenvalue weighted by Gasteiger charge is 2.75. The summed E-state index contributed by atoms with van der Waals surface area (Å²) in [6.45, 7) is 2.73. The van der Waals surface area contributed by atoms with Gasteiger partial charge in [-0.25, -0.2) is 4.90 Å². The summed E-state index contributed by atoms with van der Waals surface area (Å²) < 4.78 is 22.7. The summed E-state index contributed by atoms with van der Waals surface area (Å²) in [5.74, 6) is -1.12. The quantitative estimate of drug-likeness (QED) is 0.599. The number of nitrogens with zero attached hydrogens (tertiary/aromatic N) is 1. The van der Waals surface area contributed by atoms with Crippen LogP contribution >= 0.6 is 0 Å². The van der Waals surface area contributed by atoms with E-state index in [1.54, 1.807) is 31.4 Å². The number of hydrogen-bond acceptors (Lipinski definition) is 6. The molecule has 1 aromatic carbocycles. The van der Waals surface area contributed by atoms with E-state index in [0.29, 0.717) is 24.7 Å². The monoisotopic (exact) mass is 357 g/mol. The highest BCUT2D eigenvalue weighted by Crippen LogP contribution is 2.59. The standard InChI is InChI=1S/C19H19NO6/c1-18-7-8-19(26-18,17-24-9-10-25-17)14-13(18)15(21)20(16(14)22)11-3-5-12(23-2)6-4-11/h3-8,13-14,17H,9-10H2,1-2H3/t13-,14-,18-,19-/m1/s1. The van der Waals surface area contributed by atoms with Crippen molar-refractivity contribution >= 4 is 17.5 Å². The lowest BCUT2D eigenvalue weighted by Gasteiger charge is -2.32. The van der Waals surface area contributed by atoms with Crippen LogP contribution in [0.3, 0.4) is 0 Å². The molecule has 4 atom stereocenters. The number of imide groups is 1. The van der Waals surface area contributed by atoms with E-state index in [9.17, 15) is 9.59 Å². The molecule has 0 unspecified atom stereocenters. The Morgan fingerprint density at radius 1 is 1.04 bits per heavy atom. The number of fused-ring (bicyclic) bond motifs is 5. The van der Waals surface area contributed by atoms with Crippen molar-refractivity contribution in [2.45, 2.75) is 24.4 Å². The summed E-state index contributed by atoms with van der Waals surface area (Å²) in [5.41, 5.74) is -1.36. The zero-order valence-corrected chi connectivity index (χ0v) is 14.5. The molecule has 4 heterocycles. The molecule has 4 aliphatic heterocycles. The minimum absolute atomic E-state index is 0.253. The maximum Gasteiger partial charge on any atom is 0.241 e. The number of amides is 2. The van der Waals surface area contributed by atoms with Crippen LogP contribution in [0, 0.1) is 11.8 Å². The molecular formula is C19H19NO6. The molecule has 1 aromatic rings. The van der Waals surface area contributed by atoms with Crippen LogP contribution in [0.25, 0.3) is 0 Å². The van der Waals surface area contributed by atoms with E-state index in [1.165, 1.54) is 4.90 Å². The largest absolute Gasteiger partial charge is 0.497 e. The van der Waals surface area contributed by atoms with Gasteiger partial charge in [0.2, 0.25) is 11.8 Å². The van der Waals surface area contributed by atoms with Crippen molar-refractivity contribution in [3.63, 3.8) is 0 Å². The summed E-state index contributed by atoms with van der Waals surface area (Å²) in [6, 6.07) is 6.88. The van der Waals surface area contributed by atoms with Crippen LogP contribution in [0.4, 0.5) is 5.69 Å². The first kappa shape index (κ1) is 16.0. The minimum atomic E-state index is -1.05. The first-order valence-corrected chi connectivity index (χ1v) is 8.66. The molecular weight excluding hydrogens is 338 g/mol. The van der Waals surface area contributed by atoms with E-state index in [1.807, 2.05) is 19.1 Å². The number of ether oxygens (including phenoxy) is 4. The fourth-order valence-electron chi connectivity index (χ4n) is 4.66. The van der Waals surface area contributed by atoms with Crippen molar-refractivity contribution in [1.82, 2.24) is 0 Å². The van der Waals surface area contributed by atoms with Crippen molar-refractivity contribution < 1.29 is 28.5 Å². The Morgan fingerprint density at radius 3 is 2.35 bits per heavy atom. The fraction of sp³-hybridized carbons (Fsp3) is 0.474. The van der Waals surface area contributed by atoms with Gasteiger partial charge >= 0.3 is 0 Å². The zero-order chi connectivity index (χ0) is 18.1. The molecule has 7 heteroatoms. The van der Waals surface area contributed by atoms with Gasteiger partial charge in [-0.05, 0) is 37.3 Å². The fourth-order valence-corrected chi connectivity index (χ4v) is 4.66. The molecule has 2 bridgehead atoms. The number of rotatable bonds is 3. The van der Waals surface area contributed by atoms with Crippen molar-refractivity contribution in [3.05, 3.63) is 36.4 Å². The molecule has 0 radical (unpaired) electrons. The second-order valence-electron chi connectivity index (χ2n) is 7.21. The predicted octanol–water partition coefficient (Wildman–Crippen LogP) is 1.27. The van der Waals surface area contributed by atoms with Crippen LogP contribution in [0.5, 0.6) is 5.75 Å². The molecule has 5 rings (SSSR count). The molecule has 7 nitrogen and oxygen atoms in total. The van der Waals surface area contributed by atoms with E-state index < -0.39 is 29.3 Å². The Balaban J connectivity index is 1.56. The topological polar surface area (TPSA) is 74.3 Å². The number of carbonyl (C=O) groups is 2. The average molecular weight is 357 g/mol.